The number of Topliss-reactive ketones (excluding diaryl/α,β-unsaturated/α-hetero) is 1. The van der Waals surface area contributed by atoms with E-state index in [1.54, 1.807) is 18.2 Å². The smallest absolute Gasteiger partial charge is 0.134 e. The van der Waals surface area contributed by atoms with Gasteiger partial charge in [-0.2, -0.15) is 0 Å². The van der Waals surface area contributed by atoms with Crippen molar-refractivity contribution in [1.29, 1.82) is 0 Å². The van der Waals surface area contributed by atoms with Crippen LogP contribution >= 0.6 is 0 Å². The molecule has 0 saturated carbocycles. The van der Waals surface area contributed by atoms with Crippen LogP contribution in [0.15, 0.2) is 29.7 Å². The van der Waals surface area contributed by atoms with Gasteiger partial charge in [-0.25, -0.2) is 0 Å². The maximum absolute atomic E-state index is 11.0. The Balaban J connectivity index is 3.21. The molecule has 1 unspecified atom stereocenters. The quantitative estimate of drug-likeness (QED) is 0.730. The second kappa shape index (κ2) is 5.00. The van der Waals surface area contributed by atoms with Gasteiger partial charge in [0.25, 0.3) is 0 Å². The average molecular weight is 223 g/mol. The highest BCUT2D eigenvalue weighted by atomic mass is 32.2. The molecule has 15 heavy (non-hydrogen) atoms. The first-order valence-corrected chi connectivity index (χ1v) is 5.46. The Morgan fingerprint density at radius 1 is 1.60 bits per heavy atom. The van der Waals surface area contributed by atoms with Crippen molar-refractivity contribution < 1.29 is 13.6 Å². The molecule has 1 aromatic carbocycles. The van der Waals surface area contributed by atoms with Crippen molar-refractivity contribution in [1.82, 2.24) is 0 Å². The van der Waals surface area contributed by atoms with Crippen molar-refractivity contribution in [3.8, 4) is 0 Å². The Kier molecular flexibility index (Phi) is 3.94. The van der Waals surface area contributed by atoms with Gasteiger partial charge >= 0.3 is 0 Å². The van der Waals surface area contributed by atoms with E-state index in [-0.39, 0.29) is 17.1 Å². The van der Waals surface area contributed by atoms with Gasteiger partial charge in [0.1, 0.15) is 5.78 Å². The molecular weight excluding hydrogens is 212 g/mol. The van der Waals surface area contributed by atoms with E-state index < -0.39 is 11.1 Å². The molecule has 0 radical (unpaired) electrons. The molecule has 0 aliphatic carbocycles. The lowest BCUT2D eigenvalue weighted by Crippen LogP contribution is -2.02. The van der Waals surface area contributed by atoms with Crippen LogP contribution in [0, 0.1) is 0 Å². The minimum absolute atomic E-state index is 0.0667. The highest BCUT2D eigenvalue weighted by Gasteiger charge is 2.06. The second-order valence-electron chi connectivity index (χ2n) is 3.18. The molecule has 0 fully saturated rings. The lowest BCUT2D eigenvalue weighted by atomic mass is 10.1. The first kappa shape index (κ1) is 11.8. The van der Waals surface area contributed by atoms with Gasteiger partial charge in [-0.15, -0.1) is 0 Å². The maximum Gasteiger partial charge on any atom is 0.134 e. The number of rotatable bonds is 4. The fraction of sp³-hybridized carbons (Fsp3) is 0.182. The summed E-state index contributed by atoms with van der Waals surface area (Å²) in [6.45, 7) is 5.02. The number of carbonyl (C=O) groups excluding carboxylic acids is 1. The number of carbonyl (C=O) groups is 1. The molecule has 1 aromatic rings. The zero-order valence-corrected chi connectivity index (χ0v) is 9.17. The first-order chi connectivity index (χ1) is 7.04. The molecule has 4 heteroatoms. The molecule has 0 saturated heterocycles. The van der Waals surface area contributed by atoms with Crippen molar-refractivity contribution in [2.75, 3.05) is 0 Å². The van der Waals surface area contributed by atoms with Gasteiger partial charge in [0.05, 0.1) is 0 Å². The third kappa shape index (κ3) is 3.11. The fourth-order valence-corrected chi connectivity index (χ4v) is 1.82. The molecular formula is C11H11O3S-. The largest absolute Gasteiger partial charge is 0.768 e. The standard InChI is InChI=1S/C11H12O3S/c1-3-9-4-5-11(15(13)14)10(7-9)6-8(2)12/h3-5,7H,1,6H2,2H3,(H,13,14)/p-1. The molecule has 0 amide bonds. The Hall–Kier alpha value is -1.26. The Bertz CT molecular complexity index is 424. The summed E-state index contributed by atoms with van der Waals surface area (Å²) in [7, 11) is 0. The van der Waals surface area contributed by atoms with Crippen LogP contribution < -0.4 is 0 Å². The van der Waals surface area contributed by atoms with E-state index in [9.17, 15) is 13.6 Å². The number of ketones is 1. The molecule has 1 atom stereocenters. The lowest BCUT2D eigenvalue weighted by molar-refractivity contribution is -0.116. The van der Waals surface area contributed by atoms with Crippen molar-refractivity contribution in [2.45, 2.75) is 18.2 Å². The molecule has 0 heterocycles. The van der Waals surface area contributed by atoms with E-state index in [1.165, 1.54) is 13.0 Å². The molecule has 1 rings (SSSR count). The van der Waals surface area contributed by atoms with Crippen LogP contribution in [0.4, 0.5) is 0 Å². The molecule has 3 nitrogen and oxygen atoms in total. The number of benzene rings is 1. The summed E-state index contributed by atoms with van der Waals surface area (Å²) in [6, 6.07) is 4.81. The average Bonchev–Trinajstić information content (AvgIpc) is 2.16. The molecule has 0 N–H and O–H groups in total. The summed E-state index contributed by atoms with van der Waals surface area (Å²) in [5.74, 6) is -0.0667. The molecule has 80 valence electrons. The van der Waals surface area contributed by atoms with Crippen molar-refractivity contribution in [3.05, 3.63) is 35.9 Å². The van der Waals surface area contributed by atoms with Crippen LogP contribution in [0.1, 0.15) is 18.1 Å². The van der Waals surface area contributed by atoms with E-state index in [0.717, 1.165) is 5.56 Å². The summed E-state index contributed by atoms with van der Waals surface area (Å²) in [6.07, 6.45) is 1.74. The number of hydrogen-bond acceptors (Lipinski definition) is 3. The zero-order valence-electron chi connectivity index (χ0n) is 8.36. The second-order valence-corrected chi connectivity index (χ2v) is 4.09. The van der Waals surface area contributed by atoms with Crippen LogP contribution in [0.25, 0.3) is 6.08 Å². The Morgan fingerprint density at radius 3 is 2.73 bits per heavy atom. The van der Waals surface area contributed by atoms with Crippen LogP contribution in [0.2, 0.25) is 0 Å². The fourth-order valence-electron chi connectivity index (χ4n) is 1.30. The summed E-state index contributed by atoms with van der Waals surface area (Å²) >= 11 is -2.30. The van der Waals surface area contributed by atoms with Gasteiger partial charge in [-0.1, -0.05) is 24.8 Å². The van der Waals surface area contributed by atoms with Crippen molar-refractivity contribution in [2.24, 2.45) is 0 Å². The Morgan fingerprint density at radius 2 is 2.27 bits per heavy atom. The van der Waals surface area contributed by atoms with Crippen LogP contribution in [-0.2, 0) is 22.3 Å². The predicted molar refractivity (Wildman–Crippen MR) is 58.1 cm³/mol. The summed E-state index contributed by atoms with van der Waals surface area (Å²) in [4.78, 5) is 11.1. The van der Waals surface area contributed by atoms with Crippen LogP contribution in [0.3, 0.4) is 0 Å². The van der Waals surface area contributed by atoms with Gasteiger partial charge in [-0.3, -0.25) is 9.00 Å². The van der Waals surface area contributed by atoms with Crippen LogP contribution in [-0.4, -0.2) is 14.5 Å². The third-order valence-corrected chi connectivity index (χ3v) is 2.70. The summed E-state index contributed by atoms with van der Waals surface area (Å²) in [5.41, 5.74) is 1.33. The highest BCUT2D eigenvalue weighted by Crippen LogP contribution is 2.16. The van der Waals surface area contributed by atoms with E-state index in [4.69, 9.17) is 0 Å². The number of hydrogen-bond donors (Lipinski definition) is 0. The van der Waals surface area contributed by atoms with E-state index >= 15 is 0 Å². The normalized spacial score (nSPS) is 12.1. The van der Waals surface area contributed by atoms with Gasteiger partial charge < -0.3 is 4.55 Å². The molecule has 0 spiro atoms. The summed E-state index contributed by atoms with van der Waals surface area (Å²) in [5, 5.41) is 0. The third-order valence-electron chi connectivity index (χ3n) is 1.94. The highest BCUT2D eigenvalue weighted by molar-refractivity contribution is 7.79. The van der Waals surface area contributed by atoms with Gasteiger partial charge in [0, 0.05) is 11.3 Å². The predicted octanol–water partition coefficient (Wildman–Crippen LogP) is 1.70. The Labute approximate surface area is 91.1 Å². The van der Waals surface area contributed by atoms with Crippen LogP contribution in [0.5, 0.6) is 0 Å². The van der Waals surface area contributed by atoms with E-state index in [2.05, 4.69) is 6.58 Å². The minimum Gasteiger partial charge on any atom is -0.768 e. The van der Waals surface area contributed by atoms with E-state index in [0.29, 0.717) is 5.56 Å². The summed E-state index contributed by atoms with van der Waals surface area (Å²) < 4.78 is 21.7. The van der Waals surface area contributed by atoms with Crippen molar-refractivity contribution in [3.63, 3.8) is 0 Å². The topological polar surface area (TPSA) is 57.2 Å². The molecule has 0 aliphatic heterocycles. The van der Waals surface area contributed by atoms with Gasteiger partial charge in [-0.05, 0) is 35.2 Å². The minimum atomic E-state index is -2.30. The maximum atomic E-state index is 11.0. The molecule has 0 aromatic heterocycles. The SMILES string of the molecule is C=Cc1ccc(S(=O)[O-])c(CC(C)=O)c1. The monoisotopic (exact) mass is 223 g/mol. The lowest BCUT2D eigenvalue weighted by Gasteiger charge is -2.11. The van der Waals surface area contributed by atoms with E-state index in [1.807, 2.05) is 0 Å². The zero-order chi connectivity index (χ0) is 11.4. The molecule has 0 bridgehead atoms. The van der Waals surface area contributed by atoms with Crippen molar-refractivity contribution >= 4 is 22.9 Å². The molecule has 0 aliphatic rings. The first-order valence-electron chi connectivity index (χ1n) is 4.38. The van der Waals surface area contributed by atoms with Gasteiger partial charge in [0.2, 0.25) is 0 Å². The van der Waals surface area contributed by atoms with Gasteiger partial charge in [0.15, 0.2) is 0 Å².